The number of unbranched alkanes of at least 4 members (excludes halogenated alkanes) is 2. The lowest BCUT2D eigenvalue weighted by Crippen LogP contribution is -2.36. The van der Waals surface area contributed by atoms with Crippen LogP contribution < -0.4 is 0 Å². The number of aliphatic hydroxyl groups excluding tert-OH is 1. The van der Waals surface area contributed by atoms with Gasteiger partial charge in [0.2, 0.25) is 0 Å². The lowest BCUT2D eigenvalue weighted by Gasteiger charge is -2.30. The number of ether oxygens (including phenoxy) is 4. The van der Waals surface area contributed by atoms with Gasteiger partial charge in [0.25, 0.3) is 0 Å². The van der Waals surface area contributed by atoms with E-state index in [1.807, 2.05) is 13.8 Å². The molecule has 0 amide bonds. The Bertz CT molecular complexity index is 403. The third-order valence-electron chi connectivity index (χ3n) is 5.07. The van der Waals surface area contributed by atoms with Gasteiger partial charge in [-0.25, -0.2) is 0 Å². The van der Waals surface area contributed by atoms with E-state index in [4.69, 9.17) is 18.9 Å². The summed E-state index contributed by atoms with van der Waals surface area (Å²) < 4.78 is 23.9. The number of hydrogen-bond acceptors (Lipinski definition) is 5. The standard InChI is InChI=1S/C20H38O5/c1-7-8-9-10-16(22-12-14-13-23-20(5,6)25-14)17-11-15(21)18(24-17)19(2,3)4/h14-18,21H,7-13H2,1-6H3. The second-order valence-corrected chi connectivity index (χ2v) is 9.08. The zero-order valence-electron chi connectivity index (χ0n) is 16.9. The van der Waals surface area contributed by atoms with Gasteiger partial charge in [0.05, 0.1) is 37.6 Å². The molecule has 2 heterocycles. The molecule has 1 N–H and O–H groups in total. The number of rotatable bonds is 8. The predicted molar refractivity (Wildman–Crippen MR) is 97.5 cm³/mol. The molecule has 25 heavy (non-hydrogen) atoms. The van der Waals surface area contributed by atoms with E-state index in [0.29, 0.717) is 19.6 Å². The van der Waals surface area contributed by atoms with Gasteiger partial charge in [-0.15, -0.1) is 0 Å². The molecular formula is C20H38O5. The Labute approximate surface area is 153 Å². The largest absolute Gasteiger partial charge is 0.390 e. The topological polar surface area (TPSA) is 57.2 Å². The summed E-state index contributed by atoms with van der Waals surface area (Å²) in [5.74, 6) is -0.525. The van der Waals surface area contributed by atoms with Gasteiger partial charge in [0.1, 0.15) is 6.10 Å². The average Bonchev–Trinajstić information content (AvgIpc) is 3.05. The molecule has 5 unspecified atom stereocenters. The maximum atomic E-state index is 10.4. The average molecular weight is 359 g/mol. The van der Waals surface area contributed by atoms with Crippen LogP contribution in [0.3, 0.4) is 0 Å². The summed E-state index contributed by atoms with van der Waals surface area (Å²) >= 11 is 0. The van der Waals surface area contributed by atoms with Crippen LogP contribution in [0.5, 0.6) is 0 Å². The second-order valence-electron chi connectivity index (χ2n) is 9.08. The quantitative estimate of drug-likeness (QED) is 0.671. The molecule has 0 aromatic rings. The van der Waals surface area contributed by atoms with Crippen molar-refractivity contribution >= 4 is 0 Å². The van der Waals surface area contributed by atoms with Gasteiger partial charge in [-0.05, 0) is 25.7 Å². The van der Waals surface area contributed by atoms with Crippen LogP contribution in [-0.2, 0) is 18.9 Å². The Balaban J connectivity index is 1.91. The highest BCUT2D eigenvalue weighted by atomic mass is 16.7. The van der Waals surface area contributed by atoms with E-state index >= 15 is 0 Å². The first-order chi connectivity index (χ1) is 11.6. The number of aliphatic hydroxyl groups is 1. The van der Waals surface area contributed by atoms with Crippen molar-refractivity contribution in [3.05, 3.63) is 0 Å². The highest BCUT2D eigenvalue weighted by Crippen LogP contribution is 2.36. The van der Waals surface area contributed by atoms with Crippen LogP contribution in [0.1, 0.15) is 73.6 Å². The van der Waals surface area contributed by atoms with Crippen LogP contribution in [0, 0.1) is 5.41 Å². The first-order valence-corrected chi connectivity index (χ1v) is 9.89. The summed E-state index contributed by atoms with van der Waals surface area (Å²) in [4.78, 5) is 0. The van der Waals surface area contributed by atoms with Crippen LogP contribution in [0.4, 0.5) is 0 Å². The van der Waals surface area contributed by atoms with E-state index in [-0.39, 0.29) is 29.8 Å². The number of hydrogen-bond donors (Lipinski definition) is 1. The van der Waals surface area contributed by atoms with Crippen LogP contribution in [0.2, 0.25) is 0 Å². The molecule has 2 fully saturated rings. The molecule has 2 aliphatic rings. The highest BCUT2D eigenvalue weighted by molar-refractivity contribution is 4.92. The Hall–Kier alpha value is -0.200. The van der Waals surface area contributed by atoms with Gasteiger partial charge in [-0.1, -0.05) is 47.0 Å². The van der Waals surface area contributed by atoms with Gasteiger partial charge in [-0.3, -0.25) is 0 Å². The normalized spacial score (nSPS) is 33.7. The monoisotopic (exact) mass is 358 g/mol. The molecule has 0 aliphatic carbocycles. The van der Waals surface area contributed by atoms with Gasteiger partial charge < -0.3 is 24.1 Å². The van der Waals surface area contributed by atoms with E-state index < -0.39 is 11.9 Å². The van der Waals surface area contributed by atoms with E-state index in [0.717, 1.165) is 12.8 Å². The molecule has 0 radical (unpaired) electrons. The fraction of sp³-hybridized carbons (Fsp3) is 1.00. The summed E-state index contributed by atoms with van der Waals surface area (Å²) in [6, 6.07) is 0. The van der Waals surface area contributed by atoms with Crippen molar-refractivity contribution in [2.75, 3.05) is 13.2 Å². The van der Waals surface area contributed by atoms with Crippen molar-refractivity contribution < 1.29 is 24.1 Å². The van der Waals surface area contributed by atoms with Crippen LogP contribution in [0.25, 0.3) is 0 Å². The summed E-state index contributed by atoms with van der Waals surface area (Å²) in [5, 5.41) is 10.4. The zero-order valence-corrected chi connectivity index (χ0v) is 16.9. The smallest absolute Gasteiger partial charge is 0.163 e. The van der Waals surface area contributed by atoms with Crippen molar-refractivity contribution in [3.8, 4) is 0 Å². The highest BCUT2D eigenvalue weighted by Gasteiger charge is 2.44. The molecule has 0 aromatic carbocycles. The fourth-order valence-electron chi connectivity index (χ4n) is 3.77. The van der Waals surface area contributed by atoms with E-state index in [1.54, 1.807) is 0 Å². The molecule has 5 atom stereocenters. The minimum Gasteiger partial charge on any atom is -0.390 e. The molecule has 2 aliphatic heterocycles. The Morgan fingerprint density at radius 3 is 2.48 bits per heavy atom. The van der Waals surface area contributed by atoms with Crippen molar-refractivity contribution in [1.82, 2.24) is 0 Å². The first kappa shape index (κ1) is 21.1. The molecule has 0 bridgehead atoms. The lowest BCUT2D eigenvalue weighted by molar-refractivity contribution is -0.155. The maximum absolute atomic E-state index is 10.4. The molecule has 2 rings (SSSR count). The summed E-state index contributed by atoms with van der Waals surface area (Å²) in [6.07, 6.45) is 4.44. The third kappa shape index (κ3) is 6.17. The van der Waals surface area contributed by atoms with Crippen LogP contribution in [0.15, 0.2) is 0 Å². The summed E-state index contributed by atoms with van der Waals surface area (Å²) in [7, 11) is 0. The maximum Gasteiger partial charge on any atom is 0.163 e. The lowest BCUT2D eigenvalue weighted by atomic mass is 9.86. The van der Waals surface area contributed by atoms with Crippen molar-refractivity contribution in [1.29, 1.82) is 0 Å². The van der Waals surface area contributed by atoms with Crippen molar-refractivity contribution in [3.63, 3.8) is 0 Å². The Morgan fingerprint density at radius 1 is 1.24 bits per heavy atom. The molecule has 0 saturated carbocycles. The molecule has 148 valence electrons. The molecule has 5 nitrogen and oxygen atoms in total. The van der Waals surface area contributed by atoms with Crippen LogP contribution in [-0.4, -0.2) is 54.6 Å². The second kappa shape index (κ2) is 8.66. The van der Waals surface area contributed by atoms with Gasteiger partial charge in [-0.2, -0.15) is 0 Å². The molecule has 2 saturated heterocycles. The first-order valence-electron chi connectivity index (χ1n) is 9.89. The molecular weight excluding hydrogens is 320 g/mol. The van der Waals surface area contributed by atoms with Gasteiger partial charge in [0.15, 0.2) is 5.79 Å². The van der Waals surface area contributed by atoms with E-state index in [2.05, 4.69) is 27.7 Å². The molecule has 5 heteroatoms. The third-order valence-corrected chi connectivity index (χ3v) is 5.07. The Kier molecular flexibility index (Phi) is 7.31. The minimum absolute atomic E-state index is 0.000798. The summed E-state index contributed by atoms with van der Waals surface area (Å²) in [6.45, 7) is 13.5. The van der Waals surface area contributed by atoms with Crippen molar-refractivity contribution in [2.45, 2.75) is 110 Å². The molecule has 0 spiro atoms. The Morgan fingerprint density at radius 2 is 1.96 bits per heavy atom. The van der Waals surface area contributed by atoms with Gasteiger partial charge >= 0.3 is 0 Å². The van der Waals surface area contributed by atoms with E-state index in [1.165, 1.54) is 12.8 Å². The fourth-order valence-corrected chi connectivity index (χ4v) is 3.77. The van der Waals surface area contributed by atoms with Crippen LogP contribution >= 0.6 is 0 Å². The SMILES string of the molecule is CCCCCC(OCC1COC(C)(C)O1)C1CC(O)C(C(C)(C)C)O1. The van der Waals surface area contributed by atoms with E-state index in [9.17, 15) is 5.11 Å². The van der Waals surface area contributed by atoms with Gasteiger partial charge in [0, 0.05) is 6.42 Å². The zero-order chi connectivity index (χ0) is 18.7. The molecule has 0 aromatic heterocycles. The summed E-state index contributed by atoms with van der Waals surface area (Å²) in [5.41, 5.74) is -0.0748. The minimum atomic E-state index is -0.525. The van der Waals surface area contributed by atoms with Crippen molar-refractivity contribution in [2.24, 2.45) is 5.41 Å². The predicted octanol–water partition coefficient (Wildman–Crippen LogP) is 3.67.